The lowest BCUT2D eigenvalue weighted by molar-refractivity contribution is 0.0659. The van der Waals surface area contributed by atoms with Gasteiger partial charge in [0.2, 0.25) is 0 Å². The van der Waals surface area contributed by atoms with Gasteiger partial charge in [-0.3, -0.25) is 4.40 Å². The number of pyridine rings is 1. The number of hydrogen-bond donors (Lipinski definition) is 1. The van der Waals surface area contributed by atoms with Gasteiger partial charge in [0.15, 0.2) is 0 Å². The predicted molar refractivity (Wildman–Crippen MR) is 66.9 cm³/mol. The van der Waals surface area contributed by atoms with Crippen LogP contribution < -0.4 is 5.73 Å². The molecule has 0 bridgehead atoms. The molecule has 0 aliphatic carbocycles. The van der Waals surface area contributed by atoms with Gasteiger partial charge >= 0.3 is 0 Å². The van der Waals surface area contributed by atoms with Crippen LogP contribution in [0.4, 0.5) is 5.82 Å². The fourth-order valence-corrected chi connectivity index (χ4v) is 2.49. The molecule has 2 N–H and O–H groups in total. The lowest BCUT2D eigenvalue weighted by Gasteiger charge is -2.21. The van der Waals surface area contributed by atoms with Crippen molar-refractivity contribution < 1.29 is 4.74 Å². The number of hydrogen-bond acceptors (Lipinski definition) is 3. The van der Waals surface area contributed by atoms with E-state index in [1.807, 2.05) is 24.4 Å². The molecule has 3 heterocycles. The first-order chi connectivity index (χ1) is 8.34. The molecular weight excluding hydrogens is 214 g/mol. The fraction of sp³-hybridized carbons (Fsp3) is 0.462. The lowest BCUT2D eigenvalue weighted by Crippen LogP contribution is -2.18. The van der Waals surface area contributed by atoms with Crippen molar-refractivity contribution in [2.75, 3.05) is 18.9 Å². The first-order valence-electron chi connectivity index (χ1n) is 6.13. The van der Waals surface area contributed by atoms with Crippen LogP contribution in [-0.4, -0.2) is 22.6 Å². The maximum atomic E-state index is 6.00. The van der Waals surface area contributed by atoms with E-state index in [1.165, 1.54) is 0 Å². The minimum absolute atomic E-state index is 0.675. The van der Waals surface area contributed by atoms with E-state index in [2.05, 4.69) is 9.38 Å². The third kappa shape index (κ3) is 2.00. The van der Waals surface area contributed by atoms with E-state index in [0.29, 0.717) is 5.92 Å². The number of nitrogens with two attached hydrogens (primary N) is 1. The number of ether oxygens (including phenoxy) is 1. The standard InChI is InChI=1S/C13H17N3O/c14-12-3-1-2-11-9-15-13(16(11)12)8-10-4-6-17-7-5-10/h1-3,9-10H,4-8,14H2. The Morgan fingerprint density at radius 3 is 3.00 bits per heavy atom. The maximum Gasteiger partial charge on any atom is 0.115 e. The number of aromatic nitrogens is 2. The molecule has 0 unspecified atom stereocenters. The quantitative estimate of drug-likeness (QED) is 0.858. The summed E-state index contributed by atoms with van der Waals surface area (Å²) in [6, 6.07) is 5.92. The topological polar surface area (TPSA) is 52.5 Å². The van der Waals surface area contributed by atoms with Gasteiger partial charge in [0, 0.05) is 19.6 Å². The zero-order valence-corrected chi connectivity index (χ0v) is 9.80. The first kappa shape index (κ1) is 10.6. The van der Waals surface area contributed by atoms with Crippen LogP contribution in [0.15, 0.2) is 24.4 Å². The molecule has 17 heavy (non-hydrogen) atoms. The van der Waals surface area contributed by atoms with Crippen molar-refractivity contribution >= 4 is 11.3 Å². The van der Waals surface area contributed by atoms with Gasteiger partial charge in [-0.2, -0.15) is 0 Å². The van der Waals surface area contributed by atoms with E-state index in [4.69, 9.17) is 10.5 Å². The molecule has 1 fully saturated rings. The smallest absolute Gasteiger partial charge is 0.115 e. The Labute approximate surface area is 100 Å². The Morgan fingerprint density at radius 1 is 1.35 bits per heavy atom. The van der Waals surface area contributed by atoms with E-state index >= 15 is 0 Å². The Bertz CT molecular complexity index is 514. The van der Waals surface area contributed by atoms with Crippen LogP contribution in [0.25, 0.3) is 5.52 Å². The minimum Gasteiger partial charge on any atom is -0.385 e. The van der Waals surface area contributed by atoms with E-state index in [9.17, 15) is 0 Å². The molecule has 0 radical (unpaired) electrons. The van der Waals surface area contributed by atoms with E-state index in [1.54, 1.807) is 0 Å². The Morgan fingerprint density at radius 2 is 2.18 bits per heavy atom. The van der Waals surface area contributed by atoms with Crippen molar-refractivity contribution in [3.63, 3.8) is 0 Å². The highest BCUT2D eigenvalue weighted by Gasteiger charge is 2.17. The highest BCUT2D eigenvalue weighted by atomic mass is 16.5. The number of nitrogens with zero attached hydrogens (tertiary/aromatic N) is 2. The predicted octanol–water partition coefficient (Wildman–Crippen LogP) is 1.89. The number of rotatable bonds is 2. The summed E-state index contributed by atoms with van der Waals surface area (Å²) in [5.74, 6) is 2.51. The highest BCUT2D eigenvalue weighted by Crippen LogP contribution is 2.21. The van der Waals surface area contributed by atoms with Crippen LogP contribution in [0.1, 0.15) is 18.7 Å². The van der Waals surface area contributed by atoms with Crippen LogP contribution >= 0.6 is 0 Å². The van der Waals surface area contributed by atoms with E-state index < -0.39 is 0 Å². The average Bonchev–Trinajstić information content (AvgIpc) is 2.75. The zero-order valence-electron chi connectivity index (χ0n) is 9.80. The van der Waals surface area contributed by atoms with Gasteiger partial charge < -0.3 is 10.5 Å². The van der Waals surface area contributed by atoms with Gasteiger partial charge in [0.1, 0.15) is 11.6 Å². The van der Waals surface area contributed by atoms with Crippen molar-refractivity contribution in [1.82, 2.24) is 9.38 Å². The van der Waals surface area contributed by atoms with Gasteiger partial charge in [-0.25, -0.2) is 4.98 Å². The molecule has 3 rings (SSSR count). The molecule has 1 aliphatic rings. The fourth-order valence-electron chi connectivity index (χ4n) is 2.49. The molecule has 2 aromatic rings. The Hall–Kier alpha value is -1.55. The summed E-state index contributed by atoms with van der Waals surface area (Å²) < 4.78 is 7.43. The molecule has 0 spiro atoms. The van der Waals surface area contributed by atoms with Crippen molar-refractivity contribution in [3.05, 3.63) is 30.2 Å². The number of fused-ring (bicyclic) bond motifs is 1. The summed E-state index contributed by atoms with van der Waals surface area (Å²) in [5.41, 5.74) is 7.08. The number of anilines is 1. The molecule has 0 saturated carbocycles. The van der Waals surface area contributed by atoms with Gasteiger partial charge in [-0.1, -0.05) is 6.07 Å². The van der Waals surface area contributed by atoms with Crippen LogP contribution in [-0.2, 0) is 11.2 Å². The van der Waals surface area contributed by atoms with Gasteiger partial charge in [0.05, 0.1) is 11.7 Å². The SMILES string of the molecule is Nc1cccc2cnc(CC3CCOCC3)n12. The summed E-state index contributed by atoms with van der Waals surface area (Å²) in [6.45, 7) is 1.76. The highest BCUT2D eigenvalue weighted by molar-refractivity contribution is 5.53. The van der Waals surface area contributed by atoms with Crippen LogP contribution in [0.5, 0.6) is 0 Å². The van der Waals surface area contributed by atoms with Crippen molar-refractivity contribution in [3.8, 4) is 0 Å². The first-order valence-corrected chi connectivity index (χ1v) is 6.13. The maximum absolute atomic E-state index is 6.00. The Balaban J connectivity index is 1.89. The number of nitrogen functional groups attached to an aromatic ring is 1. The van der Waals surface area contributed by atoms with Crippen LogP contribution in [0.2, 0.25) is 0 Å². The molecule has 2 aromatic heterocycles. The second-order valence-corrected chi connectivity index (χ2v) is 4.65. The second kappa shape index (κ2) is 4.37. The minimum atomic E-state index is 0.675. The average molecular weight is 231 g/mol. The molecule has 0 amide bonds. The lowest BCUT2D eigenvalue weighted by atomic mass is 9.96. The zero-order chi connectivity index (χ0) is 11.7. The molecule has 90 valence electrons. The van der Waals surface area contributed by atoms with Gasteiger partial charge in [0.25, 0.3) is 0 Å². The molecule has 1 saturated heterocycles. The second-order valence-electron chi connectivity index (χ2n) is 4.65. The molecular formula is C13H17N3O. The summed E-state index contributed by atoms with van der Waals surface area (Å²) in [7, 11) is 0. The van der Waals surface area contributed by atoms with Crippen molar-refractivity contribution in [2.24, 2.45) is 5.92 Å². The van der Waals surface area contributed by atoms with Gasteiger partial charge in [-0.05, 0) is 30.9 Å². The van der Waals surface area contributed by atoms with Crippen LogP contribution in [0.3, 0.4) is 0 Å². The Kier molecular flexibility index (Phi) is 2.73. The molecule has 1 aliphatic heterocycles. The van der Waals surface area contributed by atoms with E-state index in [0.717, 1.165) is 49.6 Å². The molecule has 0 atom stereocenters. The van der Waals surface area contributed by atoms with Crippen molar-refractivity contribution in [2.45, 2.75) is 19.3 Å². The monoisotopic (exact) mass is 231 g/mol. The molecule has 0 aromatic carbocycles. The summed E-state index contributed by atoms with van der Waals surface area (Å²) >= 11 is 0. The third-order valence-corrected chi connectivity index (χ3v) is 3.47. The summed E-state index contributed by atoms with van der Waals surface area (Å²) in [6.07, 6.45) is 5.14. The van der Waals surface area contributed by atoms with E-state index in [-0.39, 0.29) is 0 Å². The van der Waals surface area contributed by atoms with Gasteiger partial charge in [-0.15, -0.1) is 0 Å². The molecule has 4 nitrogen and oxygen atoms in total. The largest absolute Gasteiger partial charge is 0.385 e. The van der Waals surface area contributed by atoms with Crippen molar-refractivity contribution in [1.29, 1.82) is 0 Å². The van der Waals surface area contributed by atoms with Crippen LogP contribution in [0, 0.1) is 5.92 Å². The molecule has 4 heteroatoms. The normalized spacial score (nSPS) is 17.6. The summed E-state index contributed by atoms with van der Waals surface area (Å²) in [5, 5.41) is 0. The third-order valence-electron chi connectivity index (χ3n) is 3.47. The summed E-state index contributed by atoms with van der Waals surface area (Å²) in [4.78, 5) is 4.49. The number of imidazole rings is 1.